The van der Waals surface area contributed by atoms with Gasteiger partial charge in [0.25, 0.3) is 0 Å². The number of nitrogens with zero attached hydrogens (tertiary/aromatic N) is 4. The van der Waals surface area contributed by atoms with Crippen molar-refractivity contribution in [3.8, 4) is 0 Å². The predicted molar refractivity (Wildman–Crippen MR) is 141 cm³/mol. The van der Waals surface area contributed by atoms with Crippen LogP contribution in [0.4, 0.5) is 0 Å². The van der Waals surface area contributed by atoms with Gasteiger partial charge in [-0.2, -0.15) is 5.10 Å². The molecule has 1 saturated heterocycles. The summed E-state index contributed by atoms with van der Waals surface area (Å²) < 4.78 is 13.8. The molecule has 0 radical (unpaired) electrons. The van der Waals surface area contributed by atoms with Crippen LogP contribution in [0.3, 0.4) is 0 Å². The number of nitrogens with one attached hydrogen (secondary N) is 1. The van der Waals surface area contributed by atoms with Crippen LogP contribution in [0.2, 0.25) is 0 Å². The van der Waals surface area contributed by atoms with Crippen LogP contribution in [0.15, 0.2) is 41.7 Å². The number of benzene rings is 1. The summed E-state index contributed by atoms with van der Waals surface area (Å²) in [5.74, 6) is 0.315. The predicted octanol–water partition coefficient (Wildman–Crippen LogP) is 2.09. The molecule has 9 nitrogen and oxygen atoms in total. The number of amidine groups is 1. The molecule has 0 bridgehead atoms. The highest BCUT2D eigenvalue weighted by Crippen LogP contribution is 2.48. The lowest BCUT2D eigenvalue weighted by Gasteiger charge is -2.32. The van der Waals surface area contributed by atoms with E-state index < -0.39 is 23.7 Å². The largest absolute Gasteiger partial charge is 0.578 e. The van der Waals surface area contributed by atoms with Gasteiger partial charge in [0.2, 0.25) is 5.91 Å². The Morgan fingerprint density at radius 1 is 1.22 bits per heavy atom. The molecule has 2 aromatic rings. The molecule has 3 N–H and O–H groups in total. The van der Waals surface area contributed by atoms with Gasteiger partial charge < -0.3 is 19.3 Å². The number of hydrogen-bond donors (Lipinski definition) is 1. The quantitative estimate of drug-likeness (QED) is 0.275. The maximum Gasteiger partial charge on any atom is 0.494 e. The van der Waals surface area contributed by atoms with Crippen LogP contribution >= 0.6 is 0 Å². The van der Waals surface area contributed by atoms with Gasteiger partial charge in [-0.15, -0.1) is 4.99 Å². The van der Waals surface area contributed by atoms with Gasteiger partial charge in [0, 0.05) is 20.3 Å². The minimum absolute atomic E-state index is 0.0377. The van der Waals surface area contributed by atoms with E-state index in [-0.39, 0.29) is 24.2 Å². The summed E-state index contributed by atoms with van der Waals surface area (Å²) in [4.78, 5) is 17.8. The summed E-state index contributed by atoms with van der Waals surface area (Å²) in [7, 11) is 2.93. The monoisotopic (exact) mass is 494 g/mol. The summed E-state index contributed by atoms with van der Waals surface area (Å²) in [6.45, 7) is 10.3. The van der Waals surface area contributed by atoms with E-state index in [1.165, 1.54) is 15.8 Å². The zero-order valence-electron chi connectivity index (χ0n) is 22.3. The van der Waals surface area contributed by atoms with Crippen molar-refractivity contribution in [1.29, 1.82) is 5.41 Å². The molecule has 2 fully saturated rings. The molecule has 1 atom stereocenters. The maximum absolute atomic E-state index is 11.9. The fourth-order valence-corrected chi connectivity index (χ4v) is 4.34. The number of likely N-dealkylation sites (N-methyl/N-ethyl adjacent to an activating group) is 1. The van der Waals surface area contributed by atoms with Gasteiger partial charge in [0.15, 0.2) is 0 Å². The van der Waals surface area contributed by atoms with Gasteiger partial charge in [0.1, 0.15) is 17.9 Å². The lowest BCUT2D eigenvalue weighted by Crippen LogP contribution is -2.41. The minimum atomic E-state index is -0.613. The first-order valence-electron chi connectivity index (χ1n) is 12.3. The third-order valence-corrected chi connectivity index (χ3v) is 7.85. The lowest BCUT2D eigenvalue weighted by molar-refractivity contribution is -0.129. The topological polar surface area (TPSA) is 116 Å². The van der Waals surface area contributed by atoms with Crippen molar-refractivity contribution in [3.63, 3.8) is 0 Å². The van der Waals surface area contributed by atoms with Gasteiger partial charge >= 0.3 is 13.0 Å². The van der Waals surface area contributed by atoms with Crippen LogP contribution in [0.1, 0.15) is 58.6 Å². The molecule has 2 heterocycles. The van der Waals surface area contributed by atoms with E-state index in [9.17, 15) is 4.79 Å². The van der Waals surface area contributed by atoms with Crippen LogP contribution < -0.4 is 5.46 Å². The fraction of sp³-hybridized carbons (Fsp3) is 0.538. The summed E-state index contributed by atoms with van der Waals surface area (Å²) in [5, 5.41) is 21.5. The Labute approximate surface area is 213 Å². The summed E-state index contributed by atoms with van der Waals surface area (Å²) >= 11 is 0. The molecule has 1 aliphatic heterocycles. The second-order valence-electron chi connectivity index (χ2n) is 11.2. The smallest absolute Gasteiger partial charge is 0.494 e. The average Bonchev–Trinajstić information content (AvgIpc) is 3.51. The van der Waals surface area contributed by atoms with Crippen LogP contribution in [0.25, 0.3) is 0 Å². The van der Waals surface area contributed by atoms with Crippen molar-refractivity contribution in [2.45, 2.75) is 70.6 Å². The summed E-state index contributed by atoms with van der Waals surface area (Å²) in [5.41, 5.74) is 0.963. The zero-order chi connectivity index (χ0) is 26.5. The van der Waals surface area contributed by atoms with Gasteiger partial charge in [-0.3, -0.25) is 14.9 Å². The second kappa shape index (κ2) is 9.16. The first-order chi connectivity index (χ1) is 16.7. The summed E-state index contributed by atoms with van der Waals surface area (Å²) in [6, 6.07) is 8.06. The number of carbonyl (C=O) groups is 1. The van der Waals surface area contributed by atoms with Gasteiger partial charge in [-0.05, 0) is 64.4 Å². The second-order valence-corrected chi connectivity index (χ2v) is 11.2. The molecule has 2 aliphatic rings. The Morgan fingerprint density at radius 2 is 1.81 bits per heavy atom. The van der Waals surface area contributed by atoms with E-state index >= 15 is 0 Å². The Balaban J connectivity index is 1.54. The molecule has 10 heteroatoms. The molecule has 1 aromatic carbocycles. The Kier molecular flexibility index (Phi) is 6.64. The van der Waals surface area contributed by atoms with Crippen LogP contribution in [-0.4, -0.2) is 69.8 Å². The molecule has 1 saturated carbocycles. The normalized spacial score (nSPS) is 20.8. The number of aliphatic imine (C=N–C) groups is 1. The highest BCUT2D eigenvalue weighted by molar-refractivity contribution is 6.62. The summed E-state index contributed by atoms with van der Waals surface area (Å²) in [6.07, 6.45) is 5.17. The number of amides is 1. The van der Waals surface area contributed by atoms with Crippen molar-refractivity contribution < 1.29 is 19.2 Å². The first-order valence-corrected chi connectivity index (χ1v) is 12.3. The van der Waals surface area contributed by atoms with Crippen molar-refractivity contribution >= 4 is 30.2 Å². The lowest BCUT2D eigenvalue weighted by atomic mass is 9.73. The molecular formula is C26H37BN5O4+. The Hall–Kier alpha value is -2.98. The first kappa shape index (κ1) is 26.1. The third kappa shape index (κ3) is 4.84. The van der Waals surface area contributed by atoms with Crippen LogP contribution in [0, 0.1) is 11.3 Å². The number of aromatic nitrogens is 2. The fourth-order valence-electron chi connectivity index (χ4n) is 4.34. The molecule has 1 aliphatic carbocycles. The van der Waals surface area contributed by atoms with Crippen molar-refractivity contribution in [2.24, 2.45) is 10.9 Å². The molecule has 192 valence electrons. The van der Waals surface area contributed by atoms with E-state index in [0.29, 0.717) is 11.5 Å². The molecular weight excluding hydrogens is 457 g/mol. The van der Waals surface area contributed by atoms with E-state index in [1.54, 1.807) is 20.3 Å². The highest BCUT2D eigenvalue weighted by atomic mass is 16.7. The molecule has 36 heavy (non-hydrogen) atoms. The van der Waals surface area contributed by atoms with Crippen molar-refractivity contribution in [3.05, 3.63) is 47.8 Å². The van der Waals surface area contributed by atoms with Crippen molar-refractivity contribution in [2.75, 3.05) is 14.1 Å². The SMILES string of the molecule is CN(C)C(=O)Cn1cc(C([OH2+])=NC(=N)C(C)(c2ccc(B3OC(C)(C)C(C)(C)O3)cc2)C2CC2)cn1. The van der Waals surface area contributed by atoms with Crippen LogP contribution in [-0.2, 0) is 26.1 Å². The van der Waals surface area contributed by atoms with Gasteiger partial charge in [-0.25, -0.2) is 0 Å². The van der Waals surface area contributed by atoms with E-state index in [0.717, 1.165) is 23.9 Å². The highest BCUT2D eigenvalue weighted by Gasteiger charge is 2.52. The van der Waals surface area contributed by atoms with E-state index in [2.05, 4.69) is 10.1 Å². The maximum atomic E-state index is 11.9. The van der Waals surface area contributed by atoms with Crippen LogP contribution in [0.5, 0.6) is 0 Å². The average molecular weight is 494 g/mol. The van der Waals surface area contributed by atoms with E-state index in [4.69, 9.17) is 19.8 Å². The van der Waals surface area contributed by atoms with Crippen molar-refractivity contribution in [1.82, 2.24) is 14.7 Å². The minimum Gasteiger partial charge on any atom is -0.578 e. The number of carbonyl (C=O) groups excluding carboxylic acids is 1. The standard InChI is InChI=1S/C26H36BN5O4/c1-24(2)25(3,4)36-27(35-24)20-12-10-19(11-13-20)26(5,18-8-9-18)23(28)30-22(34)17-14-29-32(15-17)16-21(33)31(6)7/h10-15,18H,8-9,16H2,1-7H3,(H2,28,30,34)/p+1. The molecule has 1 unspecified atom stereocenters. The van der Waals surface area contributed by atoms with E-state index in [1.807, 2.05) is 58.9 Å². The number of rotatable bonds is 7. The molecule has 0 spiro atoms. The molecule has 1 amide bonds. The molecule has 4 rings (SSSR count). The Morgan fingerprint density at radius 3 is 2.33 bits per heavy atom. The zero-order valence-corrected chi connectivity index (χ0v) is 22.3. The third-order valence-electron chi connectivity index (χ3n) is 7.85. The van der Waals surface area contributed by atoms with Gasteiger partial charge in [-0.1, -0.05) is 24.3 Å². The molecule has 1 aromatic heterocycles. The number of hydrogen-bond acceptors (Lipinski definition) is 5. The van der Waals surface area contributed by atoms with Gasteiger partial charge in [0.05, 0.1) is 22.8 Å². The Bertz CT molecular complexity index is 1170.